The van der Waals surface area contributed by atoms with E-state index < -0.39 is 0 Å². The van der Waals surface area contributed by atoms with Crippen molar-refractivity contribution in [2.75, 3.05) is 7.11 Å². The molecule has 0 N–H and O–H groups in total. The minimum atomic E-state index is 1.26. The molecule has 1 aromatic heterocycles. The van der Waals surface area contributed by atoms with Gasteiger partial charge in [0.2, 0.25) is 0 Å². The second-order valence-corrected chi connectivity index (χ2v) is 0.981. The zero-order valence-corrected chi connectivity index (χ0v) is 3.90. The average molecular weight is 99.1 g/mol. The SMILES string of the molecule is COn1cncn1. The van der Waals surface area contributed by atoms with Crippen molar-refractivity contribution in [1.29, 1.82) is 0 Å². The molecular formula is C3H5N3O. The van der Waals surface area contributed by atoms with Crippen LogP contribution >= 0.6 is 0 Å². The normalized spacial score (nSPS) is 8.71. The third-order valence-electron chi connectivity index (χ3n) is 0.585. The molecule has 0 fully saturated rings. The summed E-state index contributed by atoms with van der Waals surface area (Å²) in [5, 5.41) is 3.62. The molecule has 0 aliphatic carbocycles. The van der Waals surface area contributed by atoms with Gasteiger partial charge in [-0.05, 0) is 0 Å². The molecule has 4 heteroatoms. The molecule has 0 aliphatic rings. The maximum atomic E-state index is 4.60. The first-order chi connectivity index (χ1) is 3.43. The Kier molecular flexibility index (Phi) is 0.934. The molecule has 0 atom stereocenters. The van der Waals surface area contributed by atoms with Crippen LogP contribution in [0.3, 0.4) is 0 Å². The zero-order chi connectivity index (χ0) is 5.11. The predicted molar refractivity (Wildman–Crippen MR) is 22.5 cm³/mol. The first kappa shape index (κ1) is 4.11. The van der Waals surface area contributed by atoms with Crippen molar-refractivity contribution in [2.45, 2.75) is 0 Å². The van der Waals surface area contributed by atoms with Crippen LogP contribution in [0.5, 0.6) is 0 Å². The molecule has 1 rings (SSSR count). The molecule has 0 saturated carbocycles. The van der Waals surface area contributed by atoms with E-state index in [1.54, 1.807) is 0 Å². The minimum absolute atomic E-state index is 1.26. The topological polar surface area (TPSA) is 39.9 Å². The molecule has 7 heavy (non-hydrogen) atoms. The number of nitrogens with zero attached hydrogens (tertiary/aromatic N) is 3. The lowest BCUT2D eigenvalue weighted by Crippen LogP contribution is -2.04. The van der Waals surface area contributed by atoms with Gasteiger partial charge in [-0.1, -0.05) is 4.85 Å². The highest BCUT2D eigenvalue weighted by atomic mass is 16.7. The van der Waals surface area contributed by atoms with Gasteiger partial charge in [0.1, 0.15) is 13.4 Å². The third-order valence-corrected chi connectivity index (χ3v) is 0.585. The predicted octanol–water partition coefficient (Wildman–Crippen LogP) is -0.663. The lowest BCUT2D eigenvalue weighted by atomic mass is 11.3. The number of hydrogen-bond donors (Lipinski definition) is 0. The van der Waals surface area contributed by atoms with Gasteiger partial charge in [-0.25, -0.2) is 4.98 Å². The van der Waals surface area contributed by atoms with Gasteiger partial charge in [0.05, 0.1) is 0 Å². The molecule has 0 spiro atoms. The molecule has 0 radical (unpaired) electrons. The zero-order valence-electron chi connectivity index (χ0n) is 3.90. The molecule has 0 bridgehead atoms. The Balaban J connectivity index is 2.76. The van der Waals surface area contributed by atoms with Crippen molar-refractivity contribution in [3.63, 3.8) is 0 Å². The van der Waals surface area contributed by atoms with Crippen LogP contribution in [0, 0.1) is 0 Å². The Morgan fingerprint density at radius 2 is 2.57 bits per heavy atom. The summed E-state index contributed by atoms with van der Waals surface area (Å²) in [6.07, 6.45) is 2.88. The number of rotatable bonds is 1. The van der Waals surface area contributed by atoms with Crippen LogP contribution in [-0.2, 0) is 0 Å². The van der Waals surface area contributed by atoms with Gasteiger partial charge < -0.3 is 4.84 Å². The summed E-state index contributed by atoms with van der Waals surface area (Å²) in [7, 11) is 1.52. The highest BCUT2D eigenvalue weighted by Gasteiger charge is 1.78. The van der Waals surface area contributed by atoms with E-state index in [-0.39, 0.29) is 0 Å². The maximum Gasteiger partial charge on any atom is 0.155 e. The molecule has 1 aromatic rings. The molecule has 38 valence electrons. The van der Waals surface area contributed by atoms with Gasteiger partial charge in [0.15, 0.2) is 6.33 Å². The van der Waals surface area contributed by atoms with Gasteiger partial charge in [-0.3, -0.25) is 0 Å². The van der Waals surface area contributed by atoms with Gasteiger partial charge in [-0.2, -0.15) is 0 Å². The van der Waals surface area contributed by atoms with Crippen LogP contribution in [-0.4, -0.2) is 22.0 Å². The average Bonchev–Trinajstić information content (AvgIpc) is 2.14. The van der Waals surface area contributed by atoms with Crippen LogP contribution in [0.4, 0.5) is 0 Å². The molecule has 4 nitrogen and oxygen atoms in total. The van der Waals surface area contributed by atoms with E-state index in [0.29, 0.717) is 0 Å². The summed E-state index contributed by atoms with van der Waals surface area (Å²) in [6, 6.07) is 0. The van der Waals surface area contributed by atoms with Crippen LogP contribution in [0.2, 0.25) is 0 Å². The Labute approximate surface area is 40.7 Å². The Bertz CT molecular complexity index is 125. The van der Waals surface area contributed by atoms with Crippen molar-refractivity contribution < 1.29 is 4.84 Å². The molecule has 0 unspecified atom stereocenters. The summed E-state index contributed by atoms with van der Waals surface area (Å²) in [5.74, 6) is 0. The van der Waals surface area contributed by atoms with Crippen molar-refractivity contribution >= 4 is 0 Å². The van der Waals surface area contributed by atoms with Crippen LogP contribution in [0.1, 0.15) is 0 Å². The standard InChI is InChI=1S/C3H5N3O/c1-7-6-3-4-2-5-6/h2-3H,1H3. The quantitative estimate of drug-likeness (QED) is 0.469. The smallest absolute Gasteiger partial charge is 0.155 e. The Morgan fingerprint density at radius 1 is 1.71 bits per heavy atom. The van der Waals surface area contributed by atoms with E-state index in [1.165, 1.54) is 24.6 Å². The first-order valence-corrected chi connectivity index (χ1v) is 1.82. The number of aromatic nitrogens is 3. The molecule has 0 aliphatic heterocycles. The highest BCUT2D eigenvalue weighted by molar-refractivity contribution is 4.47. The highest BCUT2D eigenvalue weighted by Crippen LogP contribution is 1.67. The summed E-state index contributed by atoms with van der Waals surface area (Å²) >= 11 is 0. The summed E-state index contributed by atoms with van der Waals surface area (Å²) in [4.78, 5) is 9.48. The van der Waals surface area contributed by atoms with Crippen molar-refractivity contribution in [3.8, 4) is 0 Å². The Morgan fingerprint density at radius 3 is 2.86 bits per heavy atom. The van der Waals surface area contributed by atoms with E-state index in [1.807, 2.05) is 0 Å². The van der Waals surface area contributed by atoms with Crippen molar-refractivity contribution in [2.24, 2.45) is 0 Å². The molecule has 0 aromatic carbocycles. The monoisotopic (exact) mass is 99.0 g/mol. The van der Waals surface area contributed by atoms with Crippen LogP contribution in [0.25, 0.3) is 0 Å². The van der Waals surface area contributed by atoms with E-state index >= 15 is 0 Å². The summed E-state index contributed by atoms with van der Waals surface area (Å²) in [5.41, 5.74) is 0. The Hall–Kier alpha value is -1.06. The fourth-order valence-corrected chi connectivity index (χ4v) is 0.292. The lowest BCUT2D eigenvalue weighted by Gasteiger charge is -1.90. The lowest BCUT2D eigenvalue weighted by molar-refractivity contribution is 0.133. The van der Waals surface area contributed by atoms with E-state index in [9.17, 15) is 0 Å². The minimum Gasteiger partial charge on any atom is -0.399 e. The van der Waals surface area contributed by atoms with Gasteiger partial charge in [-0.15, -0.1) is 5.10 Å². The number of hydrogen-bond acceptors (Lipinski definition) is 3. The van der Waals surface area contributed by atoms with E-state index in [0.717, 1.165) is 0 Å². The van der Waals surface area contributed by atoms with E-state index in [2.05, 4.69) is 14.9 Å². The third kappa shape index (κ3) is 0.677. The van der Waals surface area contributed by atoms with Crippen LogP contribution < -0.4 is 4.84 Å². The van der Waals surface area contributed by atoms with Gasteiger partial charge in [0, 0.05) is 0 Å². The fourth-order valence-electron chi connectivity index (χ4n) is 0.292. The second kappa shape index (κ2) is 1.59. The second-order valence-electron chi connectivity index (χ2n) is 0.981. The van der Waals surface area contributed by atoms with Gasteiger partial charge in [0.25, 0.3) is 0 Å². The molecule has 0 amide bonds. The largest absolute Gasteiger partial charge is 0.399 e. The van der Waals surface area contributed by atoms with Gasteiger partial charge >= 0.3 is 0 Å². The summed E-state index contributed by atoms with van der Waals surface area (Å²) in [6.45, 7) is 0. The van der Waals surface area contributed by atoms with E-state index in [4.69, 9.17) is 0 Å². The fraction of sp³-hybridized carbons (Fsp3) is 0.333. The maximum absolute atomic E-state index is 4.60. The van der Waals surface area contributed by atoms with Crippen molar-refractivity contribution in [3.05, 3.63) is 12.7 Å². The van der Waals surface area contributed by atoms with Crippen molar-refractivity contribution in [1.82, 2.24) is 14.9 Å². The van der Waals surface area contributed by atoms with Crippen LogP contribution in [0.15, 0.2) is 12.7 Å². The first-order valence-electron chi connectivity index (χ1n) is 1.82. The summed E-state index contributed by atoms with van der Waals surface area (Å²) < 4.78 is 0. The molecule has 1 heterocycles. The molecule has 0 saturated heterocycles. The molecular weight excluding hydrogens is 94.1 g/mol.